The Bertz CT molecular complexity index is 2090. The smallest absolute Gasteiger partial charge is 0.404 e. The lowest BCUT2D eigenvalue weighted by Crippen LogP contribution is -2.22. The van der Waals surface area contributed by atoms with E-state index in [1.807, 2.05) is 36.0 Å². The lowest BCUT2D eigenvalue weighted by Gasteiger charge is -2.15. The zero-order valence-electron chi connectivity index (χ0n) is 25.4. The van der Waals surface area contributed by atoms with Gasteiger partial charge in [-0.05, 0) is 59.9 Å². The average Bonchev–Trinajstić information content (AvgIpc) is 3.79. The molecule has 0 saturated carbocycles. The van der Waals surface area contributed by atoms with Crippen molar-refractivity contribution in [2.75, 3.05) is 6.54 Å². The van der Waals surface area contributed by atoms with Gasteiger partial charge in [0.25, 0.3) is 5.91 Å². The van der Waals surface area contributed by atoms with Gasteiger partial charge < -0.3 is 40.3 Å². The standard InChI is InChI=1S/C35H35N7O4/c1-41-18-23(38-20-41)19-42-17-22(5-4-12-37-35(45)46)25-10-8-21(13-31(25)42)15-36-16-30-32(27-6-2-3-7-29(27)39-30)33-28-14-24(43)9-11-26(28)34(44)40-33/h2-3,6-11,13-14,17-18,20,33,36-37,39,43H,4-5,12,15-16,19H2,1H3,(H,40,44)(H,45,46). The summed E-state index contributed by atoms with van der Waals surface area (Å²) in [4.78, 5) is 31.8. The van der Waals surface area contributed by atoms with Crippen LogP contribution in [0.1, 0.15) is 56.5 Å². The minimum absolute atomic E-state index is 0.128. The third-order valence-electron chi connectivity index (χ3n) is 8.63. The molecular formula is C35H35N7O4. The second kappa shape index (κ2) is 12.1. The van der Waals surface area contributed by atoms with Gasteiger partial charge in [-0.25, -0.2) is 9.78 Å². The molecule has 0 spiro atoms. The summed E-state index contributed by atoms with van der Waals surface area (Å²) in [6, 6.07) is 19.0. The highest BCUT2D eigenvalue weighted by molar-refractivity contribution is 6.01. The number of nitrogens with zero attached hydrogens (tertiary/aromatic N) is 3. The summed E-state index contributed by atoms with van der Waals surface area (Å²) in [6.45, 7) is 2.19. The zero-order valence-corrected chi connectivity index (χ0v) is 25.4. The fourth-order valence-corrected chi connectivity index (χ4v) is 6.58. The number of fused-ring (bicyclic) bond motifs is 3. The predicted octanol–water partition coefficient (Wildman–Crippen LogP) is 4.93. The van der Waals surface area contributed by atoms with Crippen LogP contribution < -0.4 is 16.0 Å². The molecule has 1 aliphatic heterocycles. The molecule has 4 heterocycles. The number of aromatic hydroxyl groups is 1. The van der Waals surface area contributed by atoms with Crippen molar-refractivity contribution in [3.8, 4) is 5.75 Å². The first-order valence-electron chi connectivity index (χ1n) is 15.3. The van der Waals surface area contributed by atoms with Gasteiger partial charge in [0.1, 0.15) is 5.75 Å². The molecule has 3 aromatic carbocycles. The molecule has 11 heteroatoms. The van der Waals surface area contributed by atoms with Crippen molar-refractivity contribution in [3.05, 3.63) is 119 Å². The molecule has 234 valence electrons. The highest BCUT2D eigenvalue weighted by Gasteiger charge is 2.33. The van der Waals surface area contributed by atoms with Crippen LogP contribution in [0.15, 0.2) is 79.4 Å². The number of phenols is 1. The van der Waals surface area contributed by atoms with E-state index in [0.29, 0.717) is 38.2 Å². The van der Waals surface area contributed by atoms with Crippen LogP contribution in [0, 0.1) is 0 Å². The summed E-state index contributed by atoms with van der Waals surface area (Å²) in [5, 5.41) is 30.5. The first-order valence-corrected chi connectivity index (χ1v) is 15.3. The van der Waals surface area contributed by atoms with E-state index in [2.05, 4.69) is 60.9 Å². The predicted molar refractivity (Wildman–Crippen MR) is 175 cm³/mol. The molecule has 7 rings (SSSR count). The number of hydrogen-bond donors (Lipinski definition) is 6. The van der Waals surface area contributed by atoms with Crippen LogP contribution in [0.4, 0.5) is 4.79 Å². The van der Waals surface area contributed by atoms with Crippen LogP contribution in [-0.4, -0.2) is 47.9 Å². The summed E-state index contributed by atoms with van der Waals surface area (Å²) >= 11 is 0. The Morgan fingerprint density at radius 1 is 1.04 bits per heavy atom. The Morgan fingerprint density at radius 3 is 2.74 bits per heavy atom. The topological polar surface area (TPSA) is 149 Å². The molecule has 11 nitrogen and oxygen atoms in total. The van der Waals surface area contributed by atoms with Crippen LogP contribution in [0.5, 0.6) is 5.75 Å². The van der Waals surface area contributed by atoms with E-state index in [0.717, 1.165) is 56.3 Å². The molecule has 1 unspecified atom stereocenters. The molecule has 46 heavy (non-hydrogen) atoms. The molecule has 0 fully saturated rings. The third kappa shape index (κ3) is 5.68. The number of amides is 2. The van der Waals surface area contributed by atoms with E-state index in [1.165, 1.54) is 5.56 Å². The van der Waals surface area contributed by atoms with Crippen LogP contribution in [0.3, 0.4) is 0 Å². The van der Waals surface area contributed by atoms with Gasteiger partial charge in [-0.3, -0.25) is 4.79 Å². The first kappa shape index (κ1) is 29.2. The summed E-state index contributed by atoms with van der Waals surface area (Å²) in [5.41, 5.74) is 8.64. The average molecular weight is 618 g/mol. The number of hydrogen-bond acceptors (Lipinski definition) is 5. The van der Waals surface area contributed by atoms with Crippen LogP contribution >= 0.6 is 0 Å². The van der Waals surface area contributed by atoms with Crippen molar-refractivity contribution in [1.29, 1.82) is 0 Å². The number of phenolic OH excluding ortho intramolecular Hbond substituents is 1. The zero-order chi connectivity index (χ0) is 31.8. The number of aromatic amines is 1. The van der Waals surface area contributed by atoms with Gasteiger partial charge in [-0.15, -0.1) is 0 Å². The van der Waals surface area contributed by atoms with E-state index < -0.39 is 6.09 Å². The number of H-pyrrole nitrogens is 1. The van der Waals surface area contributed by atoms with Crippen LogP contribution in [0.25, 0.3) is 21.8 Å². The number of rotatable bonds is 11. The normalized spacial score (nSPS) is 14.2. The number of carboxylic acid groups (broad SMARTS) is 1. The van der Waals surface area contributed by atoms with Gasteiger partial charge in [0.05, 0.1) is 24.6 Å². The number of benzene rings is 3. The second-order valence-electron chi connectivity index (χ2n) is 11.8. The van der Waals surface area contributed by atoms with E-state index in [4.69, 9.17) is 5.11 Å². The van der Waals surface area contributed by atoms with Crippen molar-refractivity contribution in [2.45, 2.75) is 38.5 Å². The van der Waals surface area contributed by atoms with Crippen molar-refractivity contribution in [1.82, 2.24) is 35.1 Å². The van der Waals surface area contributed by atoms with E-state index in [-0.39, 0.29) is 17.7 Å². The fourth-order valence-electron chi connectivity index (χ4n) is 6.58. The Balaban J connectivity index is 1.14. The number of aryl methyl sites for hydroxylation is 2. The highest BCUT2D eigenvalue weighted by Crippen LogP contribution is 2.38. The lowest BCUT2D eigenvalue weighted by molar-refractivity contribution is 0.0960. The Hall–Kier alpha value is -5.55. The Kier molecular flexibility index (Phi) is 7.67. The van der Waals surface area contributed by atoms with E-state index in [1.54, 1.807) is 24.5 Å². The van der Waals surface area contributed by atoms with Crippen molar-refractivity contribution in [3.63, 3.8) is 0 Å². The molecule has 1 aliphatic rings. The number of carbonyl (C=O) groups is 2. The van der Waals surface area contributed by atoms with Crippen molar-refractivity contribution < 1.29 is 19.8 Å². The number of aromatic nitrogens is 4. The van der Waals surface area contributed by atoms with Gasteiger partial charge in [0.15, 0.2) is 0 Å². The molecule has 6 aromatic rings. The molecule has 0 saturated heterocycles. The first-order chi connectivity index (χ1) is 22.3. The molecule has 0 aliphatic carbocycles. The van der Waals surface area contributed by atoms with Gasteiger partial charge in [0, 0.05) is 77.7 Å². The molecule has 0 bridgehead atoms. The monoisotopic (exact) mass is 617 g/mol. The number of para-hydroxylation sites is 1. The maximum absolute atomic E-state index is 12.8. The highest BCUT2D eigenvalue weighted by atomic mass is 16.4. The number of imidazole rings is 1. The van der Waals surface area contributed by atoms with Crippen molar-refractivity contribution >= 4 is 33.8 Å². The van der Waals surface area contributed by atoms with Gasteiger partial charge >= 0.3 is 6.09 Å². The summed E-state index contributed by atoms with van der Waals surface area (Å²) in [7, 11) is 1.96. The largest absolute Gasteiger partial charge is 0.508 e. The van der Waals surface area contributed by atoms with Gasteiger partial charge in [-0.1, -0.05) is 30.3 Å². The van der Waals surface area contributed by atoms with E-state index >= 15 is 0 Å². The Labute approximate surface area is 264 Å². The van der Waals surface area contributed by atoms with Gasteiger partial charge in [-0.2, -0.15) is 0 Å². The number of carbonyl (C=O) groups excluding carboxylic acids is 1. The molecule has 3 aromatic heterocycles. The fraction of sp³-hybridized carbons (Fsp3) is 0.229. The summed E-state index contributed by atoms with van der Waals surface area (Å²) in [5.74, 6) is -0.0215. The molecular weight excluding hydrogens is 582 g/mol. The minimum Gasteiger partial charge on any atom is -0.508 e. The van der Waals surface area contributed by atoms with Crippen LogP contribution in [0.2, 0.25) is 0 Å². The maximum atomic E-state index is 12.8. The van der Waals surface area contributed by atoms with Crippen molar-refractivity contribution in [2.24, 2.45) is 7.05 Å². The molecule has 0 radical (unpaired) electrons. The summed E-state index contributed by atoms with van der Waals surface area (Å²) < 4.78 is 4.15. The summed E-state index contributed by atoms with van der Waals surface area (Å²) in [6.07, 6.45) is 6.41. The third-order valence-corrected chi connectivity index (χ3v) is 8.63. The lowest BCUT2D eigenvalue weighted by atomic mass is 9.95. The van der Waals surface area contributed by atoms with Gasteiger partial charge in [0.2, 0.25) is 0 Å². The molecule has 2 amide bonds. The quantitative estimate of drug-likeness (QED) is 0.114. The van der Waals surface area contributed by atoms with Crippen LogP contribution in [-0.2, 0) is 33.1 Å². The molecule has 1 atom stereocenters. The number of nitrogens with one attached hydrogen (secondary N) is 4. The van der Waals surface area contributed by atoms with E-state index in [9.17, 15) is 14.7 Å². The maximum Gasteiger partial charge on any atom is 0.404 e. The minimum atomic E-state index is -1.01. The Morgan fingerprint density at radius 2 is 1.91 bits per heavy atom. The molecule has 6 N–H and O–H groups in total. The second-order valence-corrected chi connectivity index (χ2v) is 11.8. The SMILES string of the molecule is Cn1cnc(Cn2cc(CCCNC(=O)O)c3ccc(CNCc4[nH]c5ccccc5c4C4NC(=O)c5ccc(O)cc54)cc32)c1.